The molecule has 7 heteroatoms. The van der Waals surface area contributed by atoms with Crippen LogP contribution in [-0.4, -0.2) is 48.3 Å². The maximum absolute atomic E-state index is 12.8. The van der Waals surface area contributed by atoms with E-state index in [-0.39, 0.29) is 6.61 Å². The van der Waals surface area contributed by atoms with E-state index in [4.69, 9.17) is 9.47 Å². The number of esters is 1. The van der Waals surface area contributed by atoms with Crippen molar-refractivity contribution in [1.82, 2.24) is 4.90 Å². The van der Waals surface area contributed by atoms with E-state index in [2.05, 4.69) is 0 Å². The lowest BCUT2D eigenvalue weighted by Gasteiger charge is -2.27. The molecule has 6 nitrogen and oxygen atoms in total. The van der Waals surface area contributed by atoms with Crippen molar-refractivity contribution in [1.29, 1.82) is 0 Å². The number of hydrogen-bond donors (Lipinski definition) is 0. The number of rotatable bonds is 7. The minimum absolute atomic E-state index is 0.118. The summed E-state index contributed by atoms with van der Waals surface area (Å²) in [7, 11) is 0. The number of imide groups is 1. The van der Waals surface area contributed by atoms with Gasteiger partial charge < -0.3 is 9.47 Å². The normalized spacial score (nSPS) is 19.2. The third-order valence-electron chi connectivity index (χ3n) is 4.25. The van der Waals surface area contributed by atoms with Crippen LogP contribution in [0.2, 0.25) is 0 Å². The zero-order chi connectivity index (χ0) is 18.4. The van der Waals surface area contributed by atoms with E-state index in [1.54, 1.807) is 13.8 Å². The number of halogens is 1. The fraction of sp³-hybridized carbons (Fsp3) is 0.500. The van der Waals surface area contributed by atoms with Gasteiger partial charge >= 0.3 is 12.1 Å². The summed E-state index contributed by atoms with van der Waals surface area (Å²) < 4.78 is 22.4. The van der Waals surface area contributed by atoms with Gasteiger partial charge in [-0.2, -0.15) is 0 Å². The molecular weight excluding hydrogens is 329 g/mol. The molecule has 0 aliphatic carbocycles. The third kappa shape index (κ3) is 4.55. The molecule has 1 saturated heterocycles. The van der Waals surface area contributed by atoms with Gasteiger partial charge in [-0.3, -0.25) is 4.79 Å². The predicted octanol–water partition coefficient (Wildman–Crippen LogP) is 2.50. The van der Waals surface area contributed by atoms with E-state index < -0.39 is 42.7 Å². The van der Waals surface area contributed by atoms with Crippen molar-refractivity contribution >= 4 is 18.0 Å². The molecule has 136 valence electrons. The second-order valence-corrected chi connectivity index (χ2v) is 5.99. The molecule has 1 aliphatic heterocycles. The first-order chi connectivity index (χ1) is 12.0. The Morgan fingerprint density at radius 1 is 1.36 bits per heavy atom. The van der Waals surface area contributed by atoms with Gasteiger partial charge in [-0.1, -0.05) is 44.2 Å². The minimum Gasteiger partial charge on any atom is -0.460 e. The van der Waals surface area contributed by atoms with Gasteiger partial charge in [0.2, 0.25) is 5.91 Å². The molecule has 0 unspecified atom stereocenters. The monoisotopic (exact) mass is 351 g/mol. The summed E-state index contributed by atoms with van der Waals surface area (Å²) in [5.74, 6) is -2.28. The van der Waals surface area contributed by atoms with Crippen LogP contribution >= 0.6 is 0 Å². The van der Waals surface area contributed by atoms with Crippen molar-refractivity contribution < 1.29 is 28.2 Å². The van der Waals surface area contributed by atoms with Gasteiger partial charge in [0.05, 0.1) is 12.0 Å². The summed E-state index contributed by atoms with van der Waals surface area (Å²) in [5, 5.41) is 0. The highest BCUT2D eigenvalue weighted by Crippen LogP contribution is 2.23. The van der Waals surface area contributed by atoms with Gasteiger partial charge in [-0.15, -0.1) is 0 Å². The number of amides is 2. The molecule has 0 aromatic heterocycles. The van der Waals surface area contributed by atoms with Gasteiger partial charge in [-0.25, -0.2) is 18.9 Å². The first-order valence-electron chi connectivity index (χ1n) is 8.27. The molecule has 0 spiro atoms. The largest absolute Gasteiger partial charge is 0.460 e. The first kappa shape index (κ1) is 18.9. The Kier molecular flexibility index (Phi) is 6.50. The van der Waals surface area contributed by atoms with Crippen molar-refractivity contribution in [2.24, 2.45) is 5.92 Å². The van der Waals surface area contributed by atoms with Crippen LogP contribution in [0.25, 0.3) is 0 Å². The number of alkyl halides is 1. The molecule has 0 saturated carbocycles. The van der Waals surface area contributed by atoms with Crippen LogP contribution in [0.3, 0.4) is 0 Å². The van der Waals surface area contributed by atoms with E-state index in [0.29, 0.717) is 12.8 Å². The number of carbonyl (C=O) groups excluding carboxylic acids is 3. The molecule has 0 N–H and O–H groups in total. The van der Waals surface area contributed by atoms with Gasteiger partial charge in [0.15, 0.2) is 6.67 Å². The van der Waals surface area contributed by atoms with E-state index in [0.717, 1.165) is 10.5 Å². The number of cyclic esters (lactones) is 1. The number of hydrogen-bond acceptors (Lipinski definition) is 5. The summed E-state index contributed by atoms with van der Waals surface area (Å²) in [6.45, 7) is 2.16. The second-order valence-electron chi connectivity index (χ2n) is 5.99. The minimum atomic E-state index is -1.25. The quantitative estimate of drug-likeness (QED) is 0.706. The average Bonchev–Trinajstić information content (AvgIpc) is 2.99. The molecule has 1 aliphatic rings. The van der Waals surface area contributed by atoms with Crippen LogP contribution < -0.4 is 0 Å². The Bertz CT molecular complexity index is 621. The van der Waals surface area contributed by atoms with Gasteiger partial charge in [-0.05, 0) is 18.4 Å². The molecular formula is C18H22FNO5. The van der Waals surface area contributed by atoms with Crippen LogP contribution in [0.5, 0.6) is 0 Å². The maximum atomic E-state index is 12.8. The van der Waals surface area contributed by atoms with Gasteiger partial charge in [0, 0.05) is 0 Å². The summed E-state index contributed by atoms with van der Waals surface area (Å²) in [5.41, 5.74) is 0.979. The highest BCUT2D eigenvalue weighted by molar-refractivity contribution is 5.95. The topological polar surface area (TPSA) is 72.9 Å². The Morgan fingerprint density at radius 3 is 2.64 bits per heavy atom. The lowest BCUT2D eigenvalue weighted by atomic mass is 9.99. The zero-order valence-electron chi connectivity index (χ0n) is 14.3. The van der Waals surface area contributed by atoms with Crippen LogP contribution in [-0.2, 0) is 25.5 Å². The Balaban J connectivity index is 2.10. The highest BCUT2D eigenvalue weighted by Gasteiger charge is 2.41. The molecule has 25 heavy (non-hydrogen) atoms. The van der Waals surface area contributed by atoms with Crippen molar-refractivity contribution in [3.63, 3.8) is 0 Å². The number of carbonyl (C=O) groups is 3. The van der Waals surface area contributed by atoms with Crippen LogP contribution in [0.4, 0.5) is 9.18 Å². The maximum Gasteiger partial charge on any atom is 0.416 e. The summed E-state index contributed by atoms with van der Waals surface area (Å²) in [6.07, 6.45) is -0.678. The van der Waals surface area contributed by atoms with Crippen molar-refractivity contribution in [2.45, 2.75) is 38.8 Å². The Morgan fingerprint density at radius 2 is 2.04 bits per heavy atom. The molecule has 2 amide bonds. The fourth-order valence-electron chi connectivity index (χ4n) is 2.88. The van der Waals surface area contributed by atoms with Crippen LogP contribution in [0, 0.1) is 5.92 Å². The van der Waals surface area contributed by atoms with Crippen molar-refractivity contribution in [3.8, 4) is 0 Å². The summed E-state index contributed by atoms with van der Waals surface area (Å²) >= 11 is 0. The summed E-state index contributed by atoms with van der Waals surface area (Å²) in [6, 6.07) is 9.05. The van der Waals surface area contributed by atoms with E-state index >= 15 is 0 Å². The number of ether oxygens (including phenoxy) is 2. The molecule has 3 atom stereocenters. The molecule has 1 heterocycles. The molecule has 0 bridgehead atoms. The van der Waals surface area contributed by atoms with Gasteiger partial charge in [0.1, 0.15) is 12.7 Å². The van der Waals surface area contributed by atoms with Crippen LogP contribution in [0.15, 0.2) is 30.3 Å². The SMILES string of the molecule is CC[C@@H](OC(=O)CF)[C@H](C)C(=O)N1C(=O)OC[C@@H]1Cc1ccccc1. The van der Waals surface area contributed by atoms with E-state index in [9.17, 15) is 18.8 Å². The molecule has 1 fully saturated rings. The lowest BCUT2D eigenvalue weighted by Crippen LogP contribution is -2.46. The van der Waals surface area contributed by atoms with Crippen molar-refractivity contribution in [2.75, 3.05) is 13.3 Å². The Labute approximate surface area is 145 Å². The number of nitrogens with zero attached hydrogens (tertiary/aromatic N) is 1. The van der Waals surface area contributed by atoms with Crippen LogP contribution in [0.1, 0.15) is 25.8 Å². The summed E-state index contributed by atoms with van der Waals surface area (Å²) in [4.78, 5) is 37.1. The zero-order valence-corrected chi connectivity index (χ0v) is 14.3. The second kappa shape index (κ2) is 8.60. The standard InChI is InChI=1S/C18H22FNO5/c1-3-15(25-16(21)10-19)12(2)17(22)20-14(11-24-18(20)23)9-13-7-5-4-6-8-13/h4-8,12,14-15H,3,9-11H2,1-2H3/t12-,14-,15+/m0/s1. The molecule has 1 aromatic carbocycles. The first-order valence-corrected chi connectivity index (χ1v) is 8.27. The average molecular weight is 351 g/mol. The van der Waals surface area contributed by atoms with Gasteiger partial charge in [0.25, 0.3) is 0 Å². The van der Waals surface area contributed by atoms with Crippen molar-refractivity contribution in [3.05, 3.63) is 35.9 Å². The predicted molar refractivity (Wildman–Crippen MR) is 87.4 cm³/mol. The Hall–Kier alpha value is -2.44. The highest BCUT2D eigenvalue weighted by atomic mass is 19.1. The molecule has 2 rings (SSSR count). The fourth-order valence-corrected chi connectivity index (χ4v) is 2.88. The molecule has 1 aromatic rings. The van der Waals surface area contributed by atoms with E-state index in [1.807, 2.05) is 30.3 Å². The molecule has 0 radical (unpaired) electrons. The lowest BCUT2D eigenvalue weighted by molar-refractivity contribution is -0.156. The third-order valence-corrected chi connectivity index (χ3v) is 4.25. The smallest absolute Gasteiger partial charge is 0.416 e. The number of benzene rings is 1. The van der Waals surface area contributed by atoms with E-state index in [1.165, 1.54) is 0 Å².